The van der Waals surface area contributed by atoms with Crippen LogP contribution in [0.3, 0.4) is 0 Å². The molecule has 108 valence electrons. The number of ether oxygens (including phenoxy) is 1. The third-order valence-electron chi connectivity index (χ3n) is 3.99. The van der Waals surface area contributed by atoms with Gasteiger partial charge in [-0.25, -0.2) is 0 Å². The number of hydrogen-bond acceptors (Lipinski definition) is 3. The molecular weight excluding hydrogens is 224 g/mol. The molecule has 0 aliphatic carbocycles. The van der Waals surface area contributed by atoms with Gasteiger partial charge < -0.3 is 9.64 Å². The van der Waals surface area contributed by atoms with Gasteiger partial charge in [0.1, 0.15) is 0 Å². The van der Waals surface area contributed by atoms with Crippen molar-refractivity contribution in [2.75, 3.05) is 53.0 Å². The molecule has 1 aliphatic heterocycles. The molecule has 18 heavy (non-hydrogen) atoms. The molecule has 0 amide bonds. The first kappa shape index (κ1) is 15.9. The zero-order chi connectivity index (χ0) is 13.2. The molecule has 0 spiro atoms. The molecule has 1 atom stereocenters. The fraction of sp³-hybridized carbons (Fsp3) is 1.00. The Bertz CT molecular complexity index is 199. The first-order valence-electron chi connectivity index (χ1n) is 7.74. The zero-order valence-electron chi connectivity index (χ0n) is 12.7. The van der Waals surface area contributed by atoms with Crippen molar-refractivity contribution in [2.24, 2.45) is 5.92 Å². The number of hydrogen-bond donors (Lipinski definition) is 0. The van der Waals surface area contributed by atoms with E-state index >= 15 is 0 Å². The van der Waals surface area contributed by atoms with Crippen molar-refractivity contribution in [3.63, 3.8) is 0 Å². The molecule has 0 aromatic carbocycles. The van der Waals surface area contributed by atoms with Crippen molar-refractivity contribution in [2.45, 2.75) is 39.5 Å². The van der Waals surface area contributed by atoms with Crippen LogP contribution in [0.5, 0.6) is 0 Å². The molecule has 1 saturated heterocycles. The topological polar surface area (TPSA) is 15.7 Å². The summed E-state index contributed by atoms with van der Waals surface area (Å²) in [6.07, 6.45) is 5.14. The SMILES string of the molecule is CCCC(CC)COCCN1CCCN(C)CC1. The second-order valence-electron chi connectivity index (χ2n) is 5.64. The van der Waals surface area contributed by atoms with Gasteiger partial charge in [-0.1, -0.05) is 26.7 Å². The van der Waals surface area contributed by atoms with Crippen LogP contribution in [0.25, 0.3) is 0 Å². The van der Waals surface area contributed by atoms with E-state index in [1.54, 1.807) is 0 Å². The largest absolute Gasteiger partial charge is 0.380 e. The molecular formula is C15H32N2O. The summed E-state index contributed by atoms with van der Waals surface area (Å²) in [7, 11) is 2.22. The molecule has 0 aromatic rings. The number of likely N-dealkylation sites (N-methyl/N-ethyl adjacent to an activating group) is 1. The van der Waals surface area contributed by atoms with E-state index in [1.807, 2.05) is 0 Å². The van der Waals surface area contributed by atoms with Gasteiger partial charge in [-0.3, -0.25) is 4.90 Å². The maximum absolute atomic E-state index is 5.85. The van der Waals surface area contributed by atoms with Crippen LogP contribution in [-0.4, -0.2) is 62.8 Å². The van der Waals surface area contributed by atoms with E-state index in [0.717, 1.165) is 25.7 Å². The molecule has 1 aliphatic rings. The van der Waals surface area contributed by atoms with Crippen LogP contribution in [-0.2, 0) is 4.74 Å². The highest BCUT2D eigenvalue weighted by Gasteiger charge is 2.11. The Hall–Kier alpha value is -0.120. The van der Waals surface area contributed by atoms with Crippen molar-refractivity contribution in [1.82, 2.24) is 9.80 Å². The first-order valence-corrected chi connectivity index (χ1v) is 7.74. The fourth-order valence-electron chi connectivity index (χ4n) is 2.58. The molecule has 0 bridgehead atoms. The quantitative estimate of drug-likeness (QED) is 0.621. The minimum atomic E-state index is 0.769. The summed E-state index contributed by atoms with van der Waals surface area (Å²) in [5.41, 5.74) is 0. The lowest BCUT2D eigenvalue weighted by Crippen LogP contribution is -2.32. The Kier molecular flexibility index (Phi) is 8.64. The van der Waals surface area contributed by atoms with Gasteiger partial charge in [0.2, 0.25) is 0 Å². The average molecular weight is 256 g/mol. The van der Waals surface area contributed by atoms with E-state index in [4.69, 9.17) is 4.74 Å². The highest BCUT2D eigenvalue weighted by atomic mass is 16.5. The van der Waals surface area contributed by atoms with Crippen molar-refractivity contribution in [3.05, 3.63) is 0 Å². The summed E-state index contributed by atoms with van der Waals surface area (Å²) in [4.78, 5) is 4.97. The molecule has 3 nitrogen and oxygen atoms in total. The maximum atomic E-state index is 5.85. The third kappa shape index (κ3) is 6.72. The summed E-state index contributed by atoms with van der Waals surface area (Å²) in [5.74, 6) is 0.769. The summed E-state index contributed by atoms with van der Waals surface area (Å²) < 4.78 is 5.85. The Morgan fingerprint density at radius 2 is 1.94 bits per heavy atom. The molecule has 0 saturated carbocycles. The van der Waals surface area contributed by atoms with Gasteiger partial charge in [0.05, 0.1) is 6.61 Å². The molecule has 1 unspecified atom stereocenters. The fourth-order valence-corrected chi connectivity index (χ4v) is 2.58. The van der Waals surface area contributed by atoms with Crippen LogP contribution >= 0.6 is 0 Å². The summed E-state index contributed by atoms with van der Waals surface area (Å²) >= 11 is 0. The highest BCUT2D eigenvalue weighted by Crippen LogP contribution is 2.10. The highest BCUT2D eigenvalue weighted by molar-refractivity contribution is 4.67. The van der Waals surface area contributed by atoms with Crippen LogP contribution in [0.2, 0.25) is 0 Å². The second kappa shape index (κ2) is 9.76. The average Bonchev–Trinajstić information content (AvgIpc) is 2.58. The summed E-state index contributed by atoms with van der Waals surface area (Å²) in [6, 6.07) is 0. The normalized spacial score (nSPS) is 20.8. The van der Waals surface area contributed by atoms with Crippen molar-refractivity contribution < 1.29 is 4.74 Å². The van der Waals surface area contributed by atoms with Crippen molar-refractivity contribution >= 4 is 0 Å². The summed E-state index contributed by atoms with van der Waals surface area (Å²) in [5, 5.41) is 0. The number of rotatable bonds is 8. The van der Waals surface area contributed by atoms with Crippen molar-refractivity contribution in [3.8, 4) is 0 Å². The lowest BCUT2D eigenvalue weighted by Gasteiger charge is -2.21. The van der Waals surface area contributed by atoms with E-state index < -0.39 is 0 Å². The lowest BCUT2D eigenvalue weighted by molar-refractivity contribution is 0.0747. The van der Waals surface area contributed by atoms with Gasteiger partial charge in [-0.15, -0.1) is 0 Å². The van der Waals surface area contributed by atoms with Gasteiger partial charge in [-0.05, 0) is 38.9 Å². The van der Waals surface area contributed by atoms with Crippen molar-refractivity contribution in [1.29, 1.82) is 0 Å². The lowest BCUT2D eigenvalue weighted by atomic mass is 10.0. The van der Waals surface area contributed by atoms with E-state index in [-0.39, 0.29) is 0 Å². The molecule has 1 rings (SSSR count). The minimum Gasteiger partial charge on any atom is -0.380 e. The Morgan fingerprint density at radius 3 is 2.67 bits per heavy atom. The zero-order valence-corrected chi connectivity index (χ0v) is 12.7. The van der Waals surface area contributed by atoms with Crippen LogP contribution in [0, 0.1) is 5.92 Å². The predicted octanol–water partition coefficient (Wildman–Crippen LogP) is 2.47. The first-order chi connectivity index (χ1) is 8.76. The van der Waals surface area contributed by atoms with Gasteiger partial charge in [0.15, 0.2) is 0 Å². The number of nitrogens with zero attached hydrogens (tertiary/aromatic N) is 2. The second-order valence-corrected chi connectivity index (χ2v) is 5.64. The molecule has 1 fully saturated rings. The maximum Gasteiger partial charge on any atom is 0.0593 e. The van der Waals surface area contributed by atoms with Crippen LogP contribution in [0.1, 0.15) is 39.5 Å². The van der Waals surface area contributed by atoms with Gasteiger partial charge in [0.25, 0.3) is 0 Å². The molecule has 3 heteroatoms. The molecule has 0 aromatic heterocycles. The standard InChI is InChI=1S/C15H32N2O/c1-4-7-15(5-2)14-18-13-12-17-9-6-8-16(3)10-11-17/h15H,4-14H2,1-3H3. The predicted molar refractivity (Wildman–Crippen MR) is 78.1 cm³/mol. The van der Waals surface area contributed by atoms with Gasteiger partial charge >= 0.3 is 0 Å². The Morgan fingerprint density at radius 1 is 1.11 bits per heavy atom. The van der Waals surface area contributed by atoms with Gasteiger partial charge in [-0.2, -0.15) is 0 Å². The molecule has 0 radical (unpaired) electrons. The van der Waals surface area contributed by atoms with E-state index in [9.17, 15) is 0 Å². The minimum absolute atomic E-state index is 0.769. The third-order valence-corrected chi connectivity index (χ3v) is 3.99. The molecule has 1 heterocycles. The monoisotopic (exact) mass is 256 g/mol. The van der Waals surface area contributed by atoms with Crippen LogP contribution in [0.15, 0.2) is 0 Å². The van der Waals surface area contributed by atoms with E-state index in [2.05, 4.69) is 30.7 Å². The van der Waals surface area contributed by atoms with E-state index in [0.29, 0.717) is 0 Å². The van der Waals surface area contributed by atoms with Crippen LogP contribution in [0.4, 0.5) is 0 Å². The Labute approximate surface area is 113 Å². The van der Waals surface area contributed by atoms with Gasteiger partial charge in [0, 0.05) is 26.2 Å². The smallest absolute Gasteiger partial charge is 0.0593 e. The summed E-state index contributed by atoms with van der Waals surface area (Å²) in [6.45, 7) is 12.4. The Balaban J connectivity index is 2.06. The van der Waals surface area contributed by atoms with Crippen LogP contribution < -0.4 is 0 Å². The molecule has 0 N–H and O–H groups in total. The van der Waals surface area contributed by atoms with E-state index in [1.165, 1.54) is 51.9 Å².